The minimum absolute atomic E-state index is 0.0990. The Balaban J connectivity index is 2.13. The van der Waals surface area contributed by atoms with Crippen molar-refractivity contribution in [1.82, 2.24) is 4.31 Å². The lowest BCUT2D eigenvalue weighted by Crippen LogP contribution is -2.28. The van der Waals surface area contributed by atoms with Crippen LogP contribution < -0.4 is 0 Å². The molecule has 0 atom stereocenters. The van der Waals surface area contributed by atoms with Gasteiger partial charge in [-0.2, -0.15) is 0 Å². The van der Waals surface area contributed by atoms with Gasteiger partial charge in [-0.3, -0.25) is 4.79 Å². The molecule has 0 unspecified atom stereocenters. The topological polar surface area (TPSA) is 74.7 Å². The largest absolute Gasteiger partial charge is 0.481 e. The molecule has 0 amide bonds. The van der Waals surface area contributed by atoms with Crippen molar-refractivity contribution in [3.63, 3.8) is 0 Å². The van der Waals surface area contributed by atoms with E-state index in [0.717, 1.165) is 12.8 Å². The maximum atomic E-state index is 12.2. The summed E-state index contributed by atoms with van der Waals surface area (Å²) in [6, 6.07) is 6.03. The molecule has 1 aromatic carbocycles. The van der Waals surface area contributed by atoms with Crippen LogP contribution >= 0.6 is 0 Å². The van der Waals surface area contributed by atoms with E-state index in [1.807, 2.05) is 0 Å². The molecule has 1 fully saturated rings. The van der Waals surface area contributed by atoms with Gasteiger partial charge in [-0.15, -0.1) is 0 Å². The minimum atomic E-state index is -3.45. The summed E-state index contributed by atoms with van der Waals surface area (Å²) in [6.07, 6.45) is 2.09. The molecule has 1 aromatic rings. The average molecular weight is 283 g/mol. The molecular weight excluding hydrogens is 266 g/mol. The van der Waals surface area contributed by atoms with Crippen molar-refractivity contribution in [3.05, 3.63) is 29.8 Å². The van der Waals surface area contributed by atoms with Gasteiger partial charge in [0.2, 0.25) is 10.0 Å². The Hall–Kier alpha value is -1.40. The van der Waals surface area contributed by atoms with E-state index < -0.39 is 16.0 Å². The third-order valence-corrected chi connectivity index (χ3v) is 5.04. The second-order valence-electron chi connectivity index (χ2n) is 4.94. The molecule has 6 heteroatoms. The fourth-order valence-electron chi connectivity index (χ4n) is 1.90. The number of carbonyl (C=O) groups is 1. The van der Waals surface area contributed by atoms with E-state index in [-0.39, 0.29) is 11.3 Å². The molecule has 1 saturated carbocycles. The van der Waals surface area contributed by atoms with Crippen LogP contribution in [0.15, 0.2) is 29.2 Å². The number of hydrogen-bond acceptors (Lipinski definition) is 3. The first-order chi connectivity index (χ1) is 8.89. The molecule has 0 bridgehead atoms. The van der Waals surface area contributed by atoms with E-state index in [1.165, 1.54) is 16.4 Å². The second kappa shape index (κ2) is 5.30. The zero-order valence-electron chi connectivity index (χ0n) is 10.7. The highest BCUT2D eigenvalue weighted by Gasteiger charge is 2.29. The number of benzene rings is 1. The van der Waals surface area contributed by atoms with Crippen LogP contribution in [0.4, 0.5) is 0 Å². The number of rotatable bonds is 6. The molecule has 1 aliphatic rings. The molecule has 0 aromatic heterocycles. The van der Waals surface area contributed by atoms with E-state index in [1.54, 1.807) is 19.2 Å². The fraction of sp³-hybridized carbons (Fsp3) is 0.462. The second-order valence-corrected chi connectivity index (χ2v) is 6.99. The molecule has 5 nitrogen and oxygen atoms in total. The van der Waals surface area contributed by atoms with Crippen molar-refractivity contribution >= 4 is 16.0 Å². The van der Waals surface area contributed by atoms with Crippen LogP contribution in [0, 0.1) is 5.92 Å². The predicted molar refractivity (Wildman–Crippen MR) is 70.3 cm³/mol. The van der Waals surface area contributed by atoms with E-state index in [4.69, 9.17) is 5.11 Å². The third kappa shape index (κ3) is 3.54. The Morgan fingerprint density at radius 1 is 1.32 bits per heavy atom. The van der Waals surface area contributed by atoms with E-state index in [0.29, 0.717) is 18.0 Å². The van der Waals surface area contributed by atoms with Gasteiger partial charge in [0.15, 0.2) is 0 Å². The molecule has 0 saturated heterocycles. The molecular formula is C13H17NO4S. The fourth-order valence-corrected chi connectivity index (χ4v) is 3.14. The Morgan fingerprint density at radius 3 is 2.37 bits per heavy atom. The molecule has 1 N–H and O–H groups in total. The Morgan fingerprint density at radius 2 is 1.89 bits per heavy atom. The van der Waals surface area contributed by atoms with Gasteiger partial charge >= 0.3 is 5.97 Å². The number of aliphatic carboxylic acids is 1. The van der Waals surface area contributed by atoms with Crippen molar-refractivity contribution in [3.8, 4) is 0 Å². The minimum Gasteiger partial charge on any atom is -0.481 e. The molecule has 0 spiro atoms. The lowest BCUT2D eigenvalue weighted by atomic mass is 10.2. The summed E-state index contributed by atoms with van der Waals surface area (Å²) in [4.78, 5) is 10.8. The van der Waals surface area contributed by atoms with Gasteiger partial charge in [0, 0.05) is 13.6 Å². The average Bonchev–Trinajstić information content (AvgIpc) is 3.12. The lowest BCUT2D eigenvalue weighted by Gasteiger charge is -2.16. The van der Waals surface area contributed by atoms with Crippen LogP contribution in [-0.2, 0) is 21.2 Å². The maximum absolute atomic E-state index is 12.2. The summed E-state index contributed by atoms with van der Waals surface area (Å²) >= 11 is 0. The predicted octanol–water partition coefficient (Wildman–Crippen LogP) is 1.34. The van der Waals surface area contributed by atoms with Crippen LogP contribution in [0.5, 0.6) is 0 Å². The zero-order valence-corrected chi connectivity index (χ0v) is 11.6. The first kappa shape index (κ1) is 14.0. The third-order valence-electron chi connectivity index (χ3n) is 3.20. The molecule has 2 rings (SSSR count). The maximum Gasteiger partial charge on any atom is 0.307 e. The first-order valence-electron chi connectivity index (χ1n) is 6.16. The number of hydrogen-bond donors (Lipinski definition) is 1. The zero-order chi connectivity index (χ0) is 14.0. The van der Waals surface area contributed by atoms with Gasteiger partial charge in [0.05, 0.1) is 11.3 Å². The molecule has 0 aliphatic heterocycles. The molecule has 1 aliphatic carbocycles. The summed E-state index contributed by atoms with van der Waals surface area (Å²) < 4.78 is 25.8. The standard InChI is InChI=1S/C13H17NO4S/c1-14(9-11-2-3-11)19(17,18)12-6-4-10(5-7-12)8-13(15)16/h4-7,11H,2-3,8-9H2,1H3,(H,15,16). The highest BCUT2D eigenvalue weighted by molar-refractivity contribution is 7.89. The summed E-state index contributed by atoms with van der Waals surface area (Å²) in [5.74, 6) is -0.437. The van der Waals surface area contributed by atoms with Gasteiger partial charge in [-0.05, 0) is 36.5 Å². The number of carboxylic acid groups (broad SMARTS) is 1. The number of sulfonamides is 1. The van der Waals surface area contributed by atoms with Crippen LogP contribution in [0.3, 0.4) is 0 Å². The summed E-state index contributed by atoms with van der Waals surface area (Å²) in [5.41, 5.74) is 0.594. The first-order valence-corrected chi connectivity index (χ1v) is 7.60. The highest BCUT2D eigenvalue weighted by atomic mass is 32.2. The summed E-state index contributed by atoms with van der Waals surface area (Å²) in [5, 5.41) is 8.66. The smallest absolute Gasteiger partial charge is 0.307 e. The van der Waals surface area contributed by atoms with Gasteiger partial charge in [0.1, 0.15) is 0 Å². The van der Waals surface area contributed by atoms with Crippen molar-refractivity contribution in [2.24, 2.45) is 5.92 Å². The molecule has 19 heavy (non-hydrogen) atoms. The SMILES string of the molecule is CN(CC1CC1)S(=O)(=O)c1ccc(CC(=O)O)cc1. The van der Waals surface area contributed by atoms with Gasteiger partial charge < -0.3 is 5.11 Å². The van der Waals surface area contributed by atoms with Crippen molar-refractivity contribution in [2.45, 2.75) is 24.2 Å². The van der Waals surface area contributed by atoms with Crippen molar-refractivity contribution < 1.29 is 18.3 Å². The van der Waals surface area contributed by atoms with E-state index >= 15 is 0 Å². The normalized spacial score (nSPS) is 15.7. The van der Waals surface area contributed by atoms with Crippen molar-refractivity contribution in [2.75, 3.05) is 13.6 Å². The highest BCUT2D eigenvalue weighted by Crippen LogP contribution is 2.30. The van der Waals surface area contributed by atoms with Gasteiger partial charge in [-0.25, -0.2) is 12.7 Å². The Labute approximate surface area is 112 Å². The molecule has 0 heterocycles. The van der Waals surface area contributed by atoms with Gasteiger partial charge in [0.25, 0.3) is 0 Å². The summed E-state index contributed by atoms with van der Waals surface area (Å²) in [7, 11) is -1.87. The van der Waals surface area contributed by atoms with Crippen LogP contribution in [-0.4, -0.2) is 37.4 Å². The number of carboxylic acids is 1. The van der Waals surface area contributed by atoms with Crippen LogP contribution in [0.25, 0.3) is 0 Å². The monoisotopic (exact) mass is 283 g/mol. The van der Waals surface area contributed by atoms with Crippen LogP contribution in [0.2, 0.25) is 0 Å². The molecule has 0 radical (unpaired) electrons. The van der Waals surface area contributed by atoms with E-state index in [9.17, 15) is 13.2 Å². The lowest BCUT2D eigenvalue weighted by molar-refractivity contribution is -0.136. The molecule has 104 valence electrons. The van der Waals surface area contributed by atoms with Gasteiger partial charge in [-0.1, -0.05) is 12.1 Å². The quantitative estimate of drug-likeness (QED) is 0.855. The van der Waals surface area contributed by atoms with Crippen molar-refractivity contribution in [1.29, 1.82) is 0 Å². The number of nitrogens with zero attached hydrogens (tertiary/aromatic N) is 1. The Kier molecular flexibility index (Phi) is 3.91. The Bertz CT molecular complexity index is 561. The van der Waals surface area contributed by atoms with Crippen LogP contribution in [0.1, 0.15) is 18.4 Å². The van der Waals surface area contributed by atoms with E-state index in [2.05, 4.69) is 0 Å². The summed E-state index contributed by atoms with van der Waals surface area (Å²) in [6.45, 7) is 0.555.